The van der Waals surface area contributed by atoms with E-state index >= 15 is 0 Å². The van der Waals surface area contributed by atoms with E-state index in [1.165, 1.54) is 0 Å². The molecule has 0 spiro atoms. The Labute approximate surface area is 152 Å². The zero-order valence-corrected chi connectivity index (χ0v) is 14.5. The van der Waals surface area contributed by atoms with Gasteiger partial charge in [0.15, 0.2) is 5.78 Å². The Kier molecular flexibility index (Phi) is 4.98. The smallest absolute Gasteiger partial charge is 0.231 e. The summed E-state index contributed by atoms with van der Waals surface area (Å²) in [7, 11) is 0. The number of nitrogens with one attached hydrogen (secondary N) is 1. The number of carbonyl (C=O) groups excluding carboxylic acids is 2. The fraction of sp³-hybridized carbons (Fsp3) is 0.190. The molecular weight excluding hydrogens is 328 g/mol. The monoisotopic (exact) mass is 348 g/mol. The van der Waals surface area contributed by atoms with Gasteiger partial charge in [-0.2, -0.15) is 0 Å². The molecule has 132 valence electrons. The Bertz CT molecular complexity index is 870. The number of phenolic OH excluding ortho intramolecular Hbond substituents is 1. The molecule has 26 heavy (non-hydrogen) atoms. The van der Waals surface area contributed by atoms with Gasteiger partial charge in [-0.15, -0.1) is 0 Å². The summed E-state index contributed by atoms with van der Waals surface area (Å²) in [4.78, 5) is 29.2. The van der Waals surface area contributed by atoms with Crippen LogP contribution < -0.4 is 5.32 Å². The van der Waals surface area contributed by atoms with E-state index in [0.717, 1.165) is 16.7 Å². The van der Waals surface area contributed by atoms with Crippen LogP contribution in [0.3, 0.4) is 0 Å². The van der Waals surface area contributed by atoms with Crippen molar-refractivity contribution >= 4 is 17.3 Å². The molecule has 0 radical (unpaired) electrons. The van der Waals surface area contributed by atoms with Gasteiger partial charge in [0, 0.05) is 18.0 Å². The van der Waals surface area contributed by atoms with Gasteiger partial charge in [-0.1, -0.05) is 18.7 Å². The molecule has 1 aromatic heterocycles. The molecule has 0 bridgehead atoms. The Hall–Kier alpha value is -3.21. The number of ketones is 1. The molecule has 1 amide bonds. The van der Waals surface area contributed by atoms with Crippen molar-refractivity contribution in [3.8, 4) is 5.75 Å². The number of benzene rings is 1. The summed E-state index contributed by atoms with van der Waals surface area (Å²) >= 11 is 0. The third-order valence-electron chi connectivity index (χ3n) is 4.52. The molecule has 0 saturated carbocycles. The van der Waals surface area contributed by atoms with Crippen molar-refractivity contribution in [3.05, 3.63) is 78.1 Å². The van der Waals surface area contributed by atoms with Crippen molar-refractivity contribution in [2.45, 2.75) is 19.4 Å². The topological polar surface area (TPSA) is 79.3 Å². The first-order valence-corrected chi connectivity index (χ1v) is 8.39. The van der Waals surface area contributed by atoms with E-state index in [9.17, 15) is 14.7 Å². The maximum absolute atomic E-state index is 12.7. The normalized spacial score (nSPS) is 18.2. The molecule has 5 heteroatoms. The summed E-state index contributed by atoms with van der Waals surface area (Å²) in [6, 6.07) is 10.0. The molecule has 2 N–H and O–H groups in total. The van der Waals surface area contributed by atoms with Gasteiger partial charge >= 0.3 is 0 Å². The number of Topliss-reactive ketones (excluding diaryl/α,β-unsaturated/α-hetero) is 1. The summed E-state index contributed by atoms with van der Waals surface area (Å²) in [6.07, 6.45) is 5.43. The lowest BCUT2D eigenvalue weighted by Crippen LogP contribution is -2.38. The maximum Gasteiger partial charge on any atom is 0.231 e. The van der Waals surface area contributed by atoms with Crippen LogP contribution in [0.25, 0.3) is 5.57 Å². The van der Waals surface area contributed by atoms with Gasteiger partial charge in [0.2, 0.25) is 5.91 Å². The van der Waals surface area contributed by atoms with Crippen LogP contribution in [-0.2, 0) is 9.59 Å². The lowest BCUT2D eigenvalue weighted by molar-refractivity contribution is -0.132. The number of carbonyl (C=O) groups is 2. The van der Waals surface area contributed by atoms with Crippen LogP contribution in [0.5, 0.6) is 5.75 Å². The van der Waals surface area contributed by atoms with Crippen molar-refractivity contribution in [1.82, 2.24) is 10.3 Å². The van der Waals surface area contributed by atoms with Crippen LogP contribution >= 0.6 is 0 Å². The van der Waals surface area contributed by atoms with Crippen LogP contribution in [0.2, 0.25) is 0 Å². The highest BCUT2D eigenvalue weighted by Gasteiger charge is 2.33. The molecule has 3 rings (SSSR count). The van der Waals surface area contributed by atoms with Crippen molar-refractivity contribution in [2.24, 2.45) is 5.92 Å². The molecule has 5 nitrogen and oxygen atoms in total. The number of allylic oxidation sites excluding steroid dienone is 3. The highest BCUT2D eigenvalue weighted by molar-refractivity contribution is 6.14. The van der Waals surface area contributed by atoms with Gasteiger partial charge in [-0.25, -0.2) is 0 Å². The Balaban J connectivity index is 1.76. The first-order chi connectivity index (χ1) is 12.5. The minimum absolute atomic E-state index is 0.165. The Morgan fingerprint density at radius 1 is 1.23 bits per heavy atom. The number of pyridine rings is 1. The lowest BCUT2D eigenvalue weighted by Gasteiger charge is -2.24. The summed E-state index contributed by atoms with van der Waals surface area (Å²) < 4.78 is 0. The van der Waals surface area contributed by atoms with Crippen LogP contribution in [0.15, 0.2) is 67.0 Å². The van der Waals surface area contributed by atoms with Crippen molar-refractivity contribution in [1.29, 1.82) is 0 Å². The van der Waals surface area contributed by atoms with Gasteiger partial charge in [-0.05, 0) is 60.4 Å². The average molecular weight is 348 g/mol. The zero-order chi connectivity index (χ0) is 18.7. The summed E-state index contributed by atoms with van der Waals surface area (Å²) in [5.74, 6) is -1.21. The second-order valence-corrected chi connectivity index (χ2v) is 6.37. The van der Waals surface area contributed by atoms with Crippen molar-refractivity contribution < 1.29 is 14.7 Å². The molecule has 0 aliphatic heterocycles. The first kappa shape index (κ1) is 17.6. The maximum atomic E-state index is 12.7. The molecule has 1 aromatic carbocycles. The molecule has 2 unspecified atom stereocenters. The van der Waals surface area contributed by atoms with E-state index in [1.807, 2.05) is 19.1 Å². The van der Waals surface area contributed by atoms with Crippen LogP contribution in [-0.4, -0.2) is 21.8 Å². The van der Waals surface area contributed by atoms with E-state index < -0.39 is 5.92 Å². The second-order valence-electron chi connectivity index (χ2n) is 6.37. The van der Waals surface area contributed by atoms with E-state index in [1.54, 1.807) is 42.7 Å². The Morgan fingerprint density at radius 3 is 2.54 bits per heavy atom. The van der Waals surface area contributed by atoms with Crippen molar-refractivity contribution in [2.75, 3.05) is 0 Å². The van der Waals surface area contributed by atoms with Crippen LogP contribution in [0.4, 0.5) is 0 Å². The predicted molar refractivity (Wildman–Crippen MR) is 99.1 cm³/mol. The number of aromatic hydroxyl groups is 1. The van der Waals surface area contributed by atoms with Gasteiger partial charge in [0.1, 0.15) is 11.7 Å². The fourth-order valence-electron chi connectivity index (χ4n) is 3.02. The number of amides is 1. The number of nitrogens with zero attached hydrogens (tertiary/aromatic N) is 1. The third-order valence-corrected chi connectivity index (χ3v) is 4.52. The molecule has 2 aromatic rings. The molecule has 1 heterocycles. The minimum Gasteiger partial charge on any atom is -0.508 e. The summed E-state index contributed by atoms with van der Waals surface area (Å²) in [5, 5.41) is 12.3. The number of phenols is 1. The van der Waals surface area contributed by atoms with E-state index in [4.69, 9.17) is 0 Å². The quantitative estimate of drug-likeness (QED) is 0.657. The van der Waals surface area contributed by atoms with Gasteiger partial charge in [0.25, 0.3) is 0 Å². The fourth-order valence-corrected chi connectivity index (χ4v) is 3.02. The van der Waals surface area contributed by atoms with Crippen LogP contribution in [0, 0.1) is 5.92 Å². The minimum atomic E-state index is -0.796. The first-order valence-electron chi connectivity index (χ1n) is 8.39. The van der Waals surface area contributed by atoms with E-state index in [2.05, 4.69) is 16.9 Å². The number of aromatic nitrogens is 1. The number of rotatable bonds is 4. The Morgan fingerprint density at radius 2 is 1.88 bits per heavy atom. The van der Waals surface area contributed by atoms with Gasteiger partial charge in [0.05, 0.1) is 6.04 Å². The van der Waals surface area contributed by atoms with E-state index in [-0.39, 0.29) is 23.5 Å². The number of hydrogen-bond acceptors (Lipinski definition) is 4. The standard InChI is InChI=1S/C21H20N2O3/c1-13-11-17(16-7-9-22-10-8-16)12-19(20(13)25)21(26)23-14(2)15-3-5-18(24)6-4-15/h3-11,14,19,24H,1,12H2,2H3,(H,23,26). The van der Waals surface area contributed by atoms with E-state index in [0.29, 0.717) is 12.0 Å². The predicted octanol–water partition coefficient (Wildman–Crippen LogP) is 3.19. The lowest BCUT2D eigenvalue weighted by atomic mass is 9.82. The molecule has 1 aliphatic rings. The molecule has 0 fully saturated rings. The molecular formula is C21H20N2O3. The summed E-state index contributed by atoms with van der Waals surface area (Å²) in [6.45, 7) is 5.64. The van der Waals surface area contributed by atoms with Gasteiger partial charge < -0.3 is 10.4 Å². The second kappa shape index (κ2) is 7.35. The van der Waals surface area contributed by atoms with Crippen molar-refractivity contribution in [3.63, 3.8) is 0 Å². The average Bonchev–Trinajstić information content (AvgIpc) is 2.65. The number of hydrogen-bond donors (Lipinski definition) is 2. The summed E-state index contributed by atoms with van der Waals surface area (Å²) in [5.41, 5.74) is 3.01. The molecule has 1 aliphatic carbocycles. The third kappa shape index (κ3) is 3.72. The highest BCUT2D eigenvalue weighted by atomic mass is 16.3. The molecule has 2 atom stereocenters. The molecule has 0 saturated heterocycles. The largest absolute Gasteiger partial charge is 0.508 e. The highest BCUT2D eigenvalue weighted by Crippen LogP contribution is 2.31. The van der Waals surface area contributed by atoms with Crippen LogP contribution in [0.1, 0.15) is 30.5 Å². The van der Waals surface area contributed by atoms with Gasteiger partial charge in [-0.3, -0.25) is 14.6 Å². The SMILES string of the molecule is C=C1C=C(c2ccncc2)CC(C(=O)NC(C)c2ccc(O)cc2)C1=O. The zero-order valence-electron chi connectivity index (χ0n) is 14.5.